The second-order valence-electron chi connectivity index (χ2n) is 5.94. The fourth-order valence-electron chi connectivity index (χ4n) is 2.87. The Bertz CT molecular complexity index is 947. The van der Waals surface area contributed by atoms with Gasteiger partial charge < -0.3 is 5.32 Å². The molecule has 1 aromatic heterocycles. The van der Waals surface area contributed by atoms with Crippen molar-refractivity contribution in [2.45, 2.75) is 32.4 Å². The van der Waals surface area contributed by atoms with Crippen molar-refractivity contribution in [3.63, 3.8) is 0 Å². The molecule has 2 N–H and O–H groups in total. The van der Waals surface area contributed by atoms with Gasteiger partial charge in [-0.05, 0) is 19.9 Å². The number of carbonyl (C=O) groups excluding carboxylic acids is 1. The predicted molar refractivity (Wildman–Crippen MR) is 83.4 cm³/mol. The summed E-state index contributed by atoms with van der Waals surface area (Å²) < 4.78 is 27.9. The molecule has 0 radical (unpaired) electrons. The molecule has 1 aliphatic heterocycles. The lowest BCUT2D eigenvalue weighted by molar-refractivity contribution is 0.0968. The van der Waals surface area contributed by atoms with Gasteiger partial charge in [0.05, 0.1) is 6.04 Å². The summed E-state index contributed by atoms with van der Waals surface area (Å²) in [4.78, 5) is 39.3. The maximum Gasteiger partial charge on any atom is 0.330 e. The summed E-state index contributed by atoms with van der Waals surface area (Å²) in [5.41, 5.74) is -1.40. The maximum absolute atomic E-state index is 13.9. The lowest BCUT2D eigenvalue weighted by atomic mass is 9.94. The zero-order valence-corrected chi connectivity index (χ0v) is 13.0. The van der Waals surface area contributed by atoms with E-state index in [-0.39, 0.29) is 23.4 Å². The quantitative estimate of drug-likeness (QED) is 0.881. The van der Waals surface area contributed by atoms with E-state index in [4.69, 9.17) is 0 Å². The minimum atomic E-state index is -0.804. The minimum Gasteiger partial charge on any atom is -0.363 e. The van der Waals surface area contributed by atoms with Gasteiger partial charge in [0.2, 0.25) is 0 Å². The van der Waals surface area contributed by atoms with Crippen molar-refractivity contribution in [2.24, 2.45) is 0 Å². The molecule has 3 rings (SSSR count). The third-order valence-electron chi connectivity index (χ3n) is 3.97. The maximum atomic E-state index is 13.9. The summed E-state index contributed by atoms with van der Waals surface area (Å²) in [6, 6.07) is 1.83. The summed E-state index contributed by atoms with van der Waals surface area (Å²) in [7, 11) is 0. The number of nitrogens with zero attached hydrogens (tertiary/aromatic N) is 1. The highest BCUT2D eigenvalue weighted by molar-refractivity contribution is 6.02. The van der Waals surface area contributed by atoms with Gasteiger partial charge in [-0.1, -0.05) is 6.07 Å². The van der Waals surface area contributed by atoms with Gasteiger partial charge in [0.1, 0.15) is 23.0 Å². The number of carbonyl (C=O) groups is 1. The van der Waals surface area contributed by atoms with Crippen LogP contribution in [-0.4, -0.2) is 15.3 Å². The molecule has 0 amide bonds. The van der Waals surface area contributed by atoms with Crippen LogP contribution in [0.1, 0.15) is 48.3 Å². The van der Waals surface area contributed by atoms with Gasteiger partial charge in [-0.25, -0.2) is 13.6 Å². The van der Waals surface area contributed by atoms with E-state index in [1.54, 1.807) is 13.8 Å². The Balaban J connectivity index is 2.10. The molecule has 2 heterocycles. The van der Waals surface area contributed by atoms with Gasteiger partial charge in [-0.2, -0.15) is 0 Å². The van der Waals surface area contributed by atoms with Crippen LogP contribution in [0, 0.1) is 11.6 Å². The molecule has 1 atom stereocenters. The predicted octanol–water partition coefficient (Wildman–Crippen LogP) is 2.14. The van der Waals surface area contributed by atoms with Crippen molar-refractivity contribution in [3.05, 3.63) is 61.8 Å². The Morgan fingerprint density at radius 2 is 1.92 bits per heavy atom. The number of aromatic amines is 1. The molecule has 0 saturated heterocycles. The fourth-order valence-corrected chi connectivity index (χ4v) is 2.87. The van der Waals surface area contributed by atoms with E-state index in [2.05, 4.69) is 10.3 Å². The summed E-state index contributed by atoms with van der Waals surface area (Å²) in [5.74, 6) is -2.08. The highest BCUT2D eigenvalue weighted by Crippen LogP contribution is 2.30. The minimum absolute atomic E-state index is 0.0353. The number of halogens is 2. The molecular formula is C16H15F2N3O3. The van der Waals surface area contributed by atoms with E-state index in [1.165, 1.54) is 6.07 Å². The van der Waals surface area contributed by atoms with E-state index in [9.17, 15) is 23.2 Å². The molecule has 0 fully saturated rings. The topological polar surface area (TPSA) is 84.0 Å². The van der Waals surface area contributed by atoms with Crippen LogP contribution in [0.3, 0.4) is 0 Å². The number of hydrogen-bond donors (Lipinski definition) is 2. The van der Waals surface area contributed by atoms with Gasteiger partial charge in [-0.15, -0.1) is 0 Å². The number of ketones is 1. The van der Waals surface area contributed by atoms with Crippen LogP contribution >= 0.6 is 0 Å². The molecule has 24 heavy (non-hydrogen) atoms. The summed E-state index contributed by atoms with van der Waals surface area (Å²) >= 11 is 0. The lowest BCUT2D eigenvalue weighted by Gasteiger charge is -2.26. The number of anilines is 1. The normalized spacial score (nSPS) is 16.9. The first kappa shape index (κ1) is 16.1. The Hall–Kier alpha value is -2.77. The number of H-pyrrole nitrogens is 1. The Kier molecular flexibility index (Phi) is 3.82. The lowest BCUT2D eigenvalue weighted by Crippen LogP contribution is -2.42. The van der Waals surface area contributed by atoms with Crippen LogP contribution in [0.15, 0.2) is 27.8 Å². The van der Waals surface area contributed by atoms with E-state index >= 15 is 0 Å². The first-order valence-corrected chi connectivity index (χ1v) is 7.43. The Morgan fingerprint density at radius 3 is 2.54 bits per heavy atom. The molecule has 1 aromatic carbocycles. The average Bonchev–Trinajstić information content (AvgIpc) is 2.45. The Labute approximate surface area is 135 Å². The largest absolute Gasteiger partial charge is 0.363 e. The van der Waals surface area contributed by atoms with Crippen molar-refractivity contribution in [3.8, 4) is 0 Å². The van der Waals surface area contributed by atoms with Crippen molar-refractivity contribution >= 4 is 11.6 Å². The molecule has 1 aliphatic rings. The van der Waals surface area contributed by atoms with Crippen LogP contribution in [0.4, 0.5) is 14.6 Å². The van der Waals surface area contributed by atoms with Crippen molar-refractivity contribution in [1.29, 1.82) is 0 Å². The molecule has 0 aliphatic carbocycles. The first-order chi connectivity index (χ1) is 11.3. The summed E-state index contributed by atoms with van der Waals surface area (Å²) in [5, 5.41) is 2.80. The number of benzene rings is 1. The van der Waals surface area contributed by atoms with Gasteiger partial charge >= 0.3 is 5.69 Å². The number of nitrogens with one attached hydrogen (secondary N) is 2. The first-order valence-electron chi connectivity index (χ1n) is 7.43. The second-order valence-corrected chi connectivity index (χ2v) is 5.94. The van der Waals surface area contributed by atoms with Crippen molar-refractivity contribution in [1.82, 2.24) is 9.55 Å². The highest BCUT2D eigenvalue weighted by atomic mass is 19.1. The fraction of sp³-hybridized carbons (Fsp3) is 0.312. The van der Waals surface area contributed by atoms with Gasteiger partial charge in [0, 0.05) is 24.1 Å². The third-order valence-corrected chi connectivity index (χ3v) is 3.97. The molecule has 0 saturated carbocycles. The molecule has 0 unspecified atom stereocenters. The van der Waals surface area contributed by atoms with E-state index in [0.29, 0.717) is 0 Å². The SMILES string of the molecule is CC(C)n1c(=O)[nH]c2c(c1=O)C(=O)C[C@H](c1ccc(F)cc1F)N2. The number of aromatic nitrogens is 2. The molecule has 8 heteroatoms. The van der Waals surface area contributed by atoms with Gasteiger partial charge in [-0.3, -0.25) is 19.1 Å². The van der Waals surface area contributed by atoms with Crippen LogP contribution in [-0.2, 0) is 0 Å². The van der Waals surface area contributed by atoms with Crippen LogP contribution in [0.2, 0.25) is 0 Å². The van der Waals surface area contributed by atoms with Crippen LogP contribution in [0.25, 0.3) is 0 Å². The molecule has 126 valence electrons. The molecule has 0 spiro atoms. The van der Waals surface area contributed by atoms with Gasteiger partial charge in [0.25, 0.3) is 5.56 Å². The standard InChI is InChI=1S/C16H15F2N3O3/c1-7(2)21-15(23)13-12(22)6-11(19-14(13)20-16(21)24)9-4-3-8(17)5-10(9)18/h3-5,7,11,19H,6H2,1-2H3,(H,20,24)/t11-/m1/s1. The second kappa shape index (κ2) is 5.70. The average molecular weight is 335 g/mol. The summed E-state index contributed by atoms with van der Waals surface area (Å²) in [6.45, 7) is 3.31. The van der Waals surface area contributed by atoms with Gasteiger partial charge in [0.15, 0.2) is 5.78 Å². The molecule has 2 aromatic rings. The Morgan fingerprint density at radius 1 is 1.21 bits per heavy atom. The van der Waals surface area contributed by atoms with E-state index in [1.807, 2.05) is 0 Å². The van der Waals surface area contributed by atoms with E-state index in [0.717, 1.165) is 16.7 Å². The zero-order chi connectivity index (χ0) is 17.6. The third kappa shape index (κ3) is 2.53. The van der Waals surface area contributed by atoms with Crippen LogP contribution in [0.5, 0.6) is 0 Å². The number of hydrogen-bond acceptors (Lipinski definition) is 4. The smallest absolute Gasteiger partial charge is 0.330 e. The summed E-state index contributed by atoms with van der Waals surface area (Å²) in [6.07, 6.45) is -0.172. The number of rotatable bonds is 2. The monoisotopic (exact) mass is 335 g/mol. The number of Topliss-reactive ketones (excluding diaryl/α,β-unsaturated/α-hetero) is 1. The molecular weight excluding hydrogens is 320 g/mol. The zero-order valence-electron chi connectivity index (χ0n) is 13.0. The van der Waals surface area contributed by atoms with E-state index < -0.39 is 40.8 Å². The van der Waals surface area contributed by atoms with Crippen LogP contribution < -0.4 is 16.6 Å². The highest BCUT2D eigenvalue weighted by Gasteiger charge is 2.32. The van der Waals surface area contributed by atoms with Crippen molar-refractivity contribution < 1.29 is 13.6 Å². The molecule has 6 nitrogen and oxygen atoms in total. The molecule has 0 bridgehead atoms. The van der Waals surface area contributed by atoms with Crippen molar-refractivity contribution in [2.75, 3.05) is 5.32 Å². The number of fused-ring (bicyclic) bond motifs is 1.